The van der Waals surface area contributed by atoms with Gasteiger partial charge in [-0.3, -0.25) is 4.79 Å². The van der Waals surface area contributed by atoms with Gasteiger partial charge in [-0.05, 0) is 39.5 Å². The summed E-state index contributed by atoms with van der Waals surface area (Å²) in [6.07, 6.45) is 4.32. The molecule has 2 aliphatic rings. The van der Waals surface area contributed by atoms with Crippen molar-refractivity contribution in [1.82, 2.24) is 4.90 Å². The first-order valence-corrected chi connectivity index (χ1v) is 5.88. The Morgan fingerprint density at radius 1 is 1.13 bits per heavy atom. The van der Waals surface area contributed by atoms with Gasteiger partial charge in [-0.15, -0.1) is 0 Å². The fourth-order valence-corrected chi connectivity index (χ4v) is 2.80. The molecule has 2 fully saturated rings. The third-order valence-electron chi connectivity index (χ3n) is 3.80. The Balaban J connectivity index is 1.96. The standard InChI is InChI=1S/C12H21NO2/c1-10(14)13-8-6-12(7-9-13)5-4-11(2,3)15-12/h4-9H2,1-3H3. The summed E-state index contributed by atoms with van der Waals surface area (Å²) >= 11 is 0. The number of likely N-dealkylation sites (tertiary alicyclic amines) is 1. The van der Waals surface area contributed by atoms with Crippen LogP contribution in [0.5, 0.6) is 0 Å². The molecule has 0 aliphatic carbocycles. The number of carbonyl (C=O) groups excluding carboxylic acids is 1. The van der Waals surface area contributed by atoms with Crippen molar-refractivity contribution >= 4 is 5.91 Å². The summed E-state index contributed by atoms with van der Waals surface area (Å²) in [6, 6.07) is 0. The summed E-state index contributed by atoms with van der Waals surface area (Å²) in [4.78, 5) is 13.1. The highest BCUT2D eigenvalue weighted by molar-refractivity contribution is 5.73. The normalized spacial score (nSPS) is 28.3. The lowest BCUT2D eigenvalue weighted by Gasteiger charge is -2.39. The molecule has 3 nitrogen and oxygen atoms in total. The largest absolute Gasteiger partial charge is 0.369 e. The molecule has 1 spiro atoms. The molecule has 1 amide bonds. The third-order valence-corrected chi connectivity index (χ3v) is 3.80. The van der Waals surface area contributed by atoms with Crippen LogP contribution in [0.25, 0.3) is 0 Å². The van der Waals surface area contributed by atoms with Crippen LogP contribution in [0.1, 0.15) is 46.5 Å². The first-order chi connectivity index (χ1) is 6.93. The maximum atomic E-state index is 11.2. The SMILES string of the molecule is CC(=O)N1CCC2(CC1)CCC(C)(C)O2. The quantitative estimate of drug-likeness (QED) is 0.613. The molecule has 2 rings (SSSR count). The van der Waals surface area contributed by atoms with Gasteiger partial charge in [0.25, 0.3) is 0 Å². The van der Waals surface area contributed by atoms with Crippen LogP contribution in [0.4, 0.5) is 0 Å². The van der Waals surface area contributed by atoms with Gasteiger partial charge < -0.3 is 9.64 Å². The maximum absolute atomic E-state index is 11.2. The van der Waals surface area contributed by atoms with Crippen LogP contribution in [0.15, 0.2) is 0 Å². The molecule has 15 heavy (non-hydrogen) atoms. The van der Waals surface area contributed by atoms with Crippen LogP contribution in [0.2, 0.25) is 0 Å². The van der Waals surface area contributed by atoms with Crippen LogP contribution in [0.3, 0.4) is 0 Å². The summed E-state index contributed by atoms with van der Waals surface area (Å²) in [5.41, 5.74) is 0.119. The minimum Gasteiger partial charge on any atom is -0.369 e. The van der Waals surface area contributed by atoms with Crippen LogP contribution >= 0.6 is 0 Å². The first kappa shape index (κ1) is 10.9. The Bertz CT molecular complexity index is 265. The van der Waals surface area contributed by atoms with E-state index in [2.05, 4.69) is 13.8 Å². The number of ether oxygens (including phenoxy) is 1. The van der Waals surface area contributed by atoms with Crippen molar-refractivity contribution in [2.45, 2.75) is 57.7 Å². The molecule has 0 saturated carbocycles. The molecule has 3 heteroatoms. The molecule has 0 atom stereocenters. The second-order valence-electron chi connectivity index (χ2n) is 5.55. The number of nitrogens with zero attached hydrogens (tertiary/aromatic N) is 1. The third kappa shape index (κ3) is 2.17. The van der Waals surface area contributed by atoms with Crippen molar-refractivity contribution in [2.24, 2.45) is 0 Å². The van der Waals surface area contributed by atoms with E-state index in [-0.39, 0.29) is 17.1 Å². The number of hydrogen-bond acceptors (Lipinski definition) is 2. The Morgan fingerprint density at radius 3 is 2.13 bits per heavy atom. The maximum Gasteiger partial charge on any atom is 0.219 e. The molecule has 0 aromatic heterocycles. The van der Waals surface area contributed by atoms with Gasteiger partial charge in [-0.1, -0.05) is 0 Å². The zero-order valence-electron chi connectivity index (χ0n) is 10.0. The van der Waals surface area contributed by atoms with E-state index in [1.165, 1.54) is 0 Å². The molecule has 2 aliphatic heterocycles. The number of rotatable bonds is 0. The zero-order chi connectivity index (χ0) is 11.1. The van der Waals surface area contributed by atoms with E-state index in [1.54, 1.807) is 6.92 Å². The van der Waals surface area contributed by atoms with Crippen LogP contribution in [0, 0.1) is 0 Å². The van der Waals surface area contributed by atoms with E-state index in [4.69, 9.17) is 4.74 Å². The van der Waals surface area contributed by atoms with Gasteiger partial charge in [-0.2, -0.15) is 0 Å². The lowest BCUT2D eigenvalue weighted by atomic mass is 9.88. The topological polar surface area (TPSA) is 29.5 Å². The lowest BCUT2D eigenvalue weighted by Crippen LogP contribution is -2.46. The van der Waals surface area contributed by atoms with E-state index < -0.39 is 0 Å². The summed E-state index contributed by atoms with van der Waals surface area (Å²) in [5.74, 6) is 0.196. The molecule has 0 radical (unpaired) electrons. The molecular weight excluding hydrogens is 190 g/mol. The zero-order valence-corrected chi connectivity index (χ0v) is 10.0. The molecule has 86 valence electrons. The van der Waals surface area contributed by atoms with E-state index in [1.807, 2.05) is 4.90 Å². The van der Waals surface area contributed by atoms with Gasteiger partial charge in [-0.25, -0.2) is 0 Å². The van der Waals surface area contributed by atoms with E-state index in [0.717, 1.165) is 38.8 Å². The average molecular weight is 211 g/mol. The fraction of sp³-hybridized carbons (Fsp3) is 0.917. The second kappa shape index (κ2) is 3.48. The van der Waals surface area contributed by atoms with Gasteiger partial charge >= 0.3 is 0 Å². The highest BCUT2D eigenvalue weighted by atomic mass is 16.5. The molecule has 0 unspecified atom stereocenters. The molecule has 0 aromatic carbocycles. The summed E-state index contributed by atoms with van der Waals surface area (Å²) in [5, 5.41) is 0. The Labute approximate surface area is 91.8 Å². The van der Waals surface area contributed by atoms with Crippen molar-refractivity contribution in [1.29, 1.82) is 0 Å². The Hall–Kier alpha value is -0.570. The predicted molar refractivity (Wildman–Crippen MR) is 58.6 cm³/mol. The average Bonchev–Trinajstić information content (AvgIpc) is 2.43. The van der Waals surface area contributed by atoms with Gasteiger partial charge in [0.2, 0.25) is 5.91 Å². The van der Waals surface area contributed by atoms with E-state index in [0.29, 0.717) is 0 Å². The molecule has 0 aromatic rings. The number of carbonyl (C=O) groups is 1. The van der Waals surface area contributed by atoms with Crippen molar-refractivity contribution in [2.75, 3.05) is 13.1 Å². The highest BCUT2D eigenvalue weighted by Gasteiger charge is 2.45. The van der Waals surface area contributed by atoms with Crippen LogP contribution in [-0.2, 0) is 9.53 Å². The van der Waals surface area contributed by atoms with Crippen molar-refractivity contribution in [3.05, 3.63) is 0 Å². The molecular formula is C12H21NO2. The molecule has 2 heterocycles. The van der Waals surface area contributed by atoms with Crippen molar-refractivity contribution in [3.63, 3.8) is 0 Å². The minimum atomic E-state index is 0.0401. The van der Waals surface area contributed by atoms with E-state index in [9.17, 15) is 4.79 Å². The number of amides is 1. The summed E-state index contributed by atoms with van der Waals surface area (Å²) < 4.78 is 6.17. The van der Waals surface area contributed by atoms with E-state index >= 15 is 0 Å². The summed E-state index contributed by atoms with van der Waals surface area (Å²) in [6.45, 7) is 7.71. The van der Waals surface area contributed by atoms with Gasteiger partial charge in [0.1, 0.15) is 0 Å². The fourth-order valence-electron chi connectivity index (χ4n) is 2.80. The van der Waals surface area contributed by atoms with Crippen LogP contribution < -0.4 is 0 Å². The molecule has 0 bridgehead atoms. The molecule has 0 N–H and O–H groups in total. The highest BCUT2D eigenvalue weighted by Crippen LogP contribution is 2.43. The monoisotopic (exact) mass is 211 g/mol. The Morgan fingerprint density at radius 2 is 1.73 bits per heavy atom. The predicted octanol–water partition coefficient (Wildman–Crippen LogP) is 1.96. The van der Waals surface area contributed by atoms with Gasteiger partial charge in [0.15, 0.2) is 0 Å². The first-order valence-electron chi connectivity index (χ1n) is 5.88. The van der Waals surface area contributed by atoms with Crippen molar-refractivity contribution < 1.29 is 9.53 Å². The minimum absolute atomic E-state index is 0.0401. The smallest absolute Gasteiger partial charge is 0.219 e. The molecule has 2 saturated heterocycles. The lowest BCUT2D eigenvalue weighted by molar-refractivity contribution is -0.139. The number of hydrogen-bond donors (Lipinski definition) is 0. The van der Waals surface area contributed by atoms with Gasteiger partial charge in [0, 0.05) is 20.0 Å². The van der Waals surface area contributed by atoms with Crippen LogP contribution in [-0.4, -0.2) is 35.1 Å². The van der Waals surface area contributed by atoms with Crippen molar-refractivity contribution in [3.8, 4) is 0 Å². The number of piperidine rings is 1. The Kier molecular flexibility index (Phi) is 2.53. The summed E-state index contributed by atoms with van der Waals surface area (Å²) in [7, 11) is 0. The second-order valence-corrected chi connectivity index (χ2v) is 5.55. The van der Waals surface area contributed by atoms with Gasteiger partial charge in [0.05, 0.1) is 11.2 Å².